The highest BCUT2D eigenvalue weighted by molar-refractivity contribution is 5.78. The Balaban J connectivity index is 1.54. The quantitative estimate of drug-likeness (QED) is 0.798. The molecule has 2 aliphatic heterocycles. The van der Waals surface area contributed by atoms with Gasteiger partial charge in [-0.1, -0.05) is 12.1 Å². The molecule has 1 aromatic heterocycles. The molecule has 6 nitrogen and oxygen atoms in total. The number of hydrogen-bond donors (Lipinski definition) is 1. The van der Waals surface area contributed by atoms with Gasteiger partial charge in [0.05, 0.1) is 17.8 Å². The third-order valence-electron chi connectivity index (χ3n) is 6.07. The number of carbonyl (C=O) groups is 1. The Bertz CT molecular complexity index is 926. The van der Waals surface area contributed by atoms with E-state index in [2.05, 4.69) is 14.9 Å². The second kappa shape index (κ2) is 8.82. The van der Waals surface area contributed by atoms with Gasteiger partial charge in [0.2, 0.25) is 11.9 Å². The molecule has 1 atom stereocenters. The number of amides is 1. The van der Waals surface area contributed by atoms with E-state index >= 15 is 0 Å². The first kappa shape index (κ1) is 21.5. The summed E-state index contributed by atoms with van der Waals surface area (Å²) in [7, 11) is 0. The van der Waals surface area contributed by atoms with Crippen LogP contribution in [-0.4, -0.2) is 58.4 Å². The van der Waals surface area contributed by atoms with Gasteiger partial charge in [-0.3, -0.25) is 9.69 Å². The summed E-state index contributed by atoms with van der Waals surface area (Å²) in [6, 6.07) is 5.02. The summed E-state index contributed by atoms with van der Waals surface area (Å²) in [6.45, 7) is 3.54. The number of piperidine rings is 1. The minimum Gasteiger partial charge on any atom is -0.368 e. The Morgan fingerprint density at radius 2 is 1.81 bits per heavy atom. The Labute approximate surface area is 179 Å². The third kappa shape index (κ3) is 4.98. The number of nitrogen functional groups attached to an aromatic ring is 1. The number of alkyl halides is 3. The van der Waals surface area contributed by atoms with Crippen molar-refractivity contribution in [3.8, 4) is 11.1 Å². The summed E-state index contributed by atoms with van der Waals surface area (Å²) < 4.78 is 38.8. The highest BCUT2D eigenvalue weighted by Crippen LogP contribution is 2.35. The third-order valence-corrected chi connectivity index (χ3v) is 6.07. The van der Waals surface area contributed by atoms with Crippen molar-refractivity contribution in [3.63, 3.8) is 0 Å². The molecule has 2 saturated heterocycles. The molecule has 0 bridgehead atoms. The van der Waals surface area contributed by atoms with Crippen LogP contribution in [-0.2, 0) is 11.0 Å². The van der Waals surface area contributed by atoms with Gasteiger partial charge < -0.3 is 10.6 Å². The fourth-order valence-corrected chi connectivity index (χ4v) is 4.46. The van der Waals surface area contributed by atoms with Gasteiger partial charge in [-0.2, -0.15) is 13.2 Å². The first-order chi connectivity index (χ1) is 14.8. The van der Waals surface area contributed by atoms with E-state index in [-0.39, 0.29) is 17.8 Å². The average molecular weight is 433 g/mol. The average Bonchev–Trinajstić information content (AvgIpc) is 3.29. The first-order valence-corrected chi connectivity index (χ1v) is 10.6. The molecule has 0 saturated carbocycles. The Hall–Kier alpha value is -2.68. The summed E-state index contributed by atoms with van der Waals surface area (Å²) in [4.78, 5) is 25.1. The maximum atomic E-state index is 12.9. The second-order valence-electron chi connectivity index (χ2n) is 8.26. The zero-order valence-corrected chi connectivity index (χ0v) is 17.2. The second-order valence-corrected chi connectivity index (χ2v) is 8.26. The predicted molar refractivity (Wildman–Crippen MR) is 111 cm³/mol. The fraction of sp³-hybridized carbons (Fsp3) is 0.500. The van der Waals surface area contributed by atoms with Gasteiger partial charge in [-0.15, -0.1) is 0 Å². The van der Waals surface area contributed by atoms with E-state index in [1.807, 2.05) is 4.90 Å². The van der Waals surface area contributed by atoms with Crippen molar-refractivity contribution >= 4 is 11.9 Å². The van der Waals surface area contributed by atoms with Gasteiger partial charge in [-0.05, 0) is 49.9 Å². The van der Waals surface area contributed by atoms with Crippen molar-refractivity contribution in [2.24, 2.45) is 0 Å². The van der Waals surface area contributed by atoms with E-state index in [0.717, 1.165) is 63.1 Å². The molecule has 0 radical (unpaired) electrons. The lowest BCUT2D eigenvalue weighted by Crippen LogP contribution is -2.43. The van der Waals surface area contributed by atoms with Gasteiger partial charge in [0, 0.05) is 37.3 Å². The molecular formula is C22H26F3N5O. The molecule has 0 spiro atoms. The first-order valence-electron chi connectivity index (χ1n) is 10.6. The topological polar surface area (TPSA) is 75.3 Å². The number of aromatic nitrogens is 2. The largest absolute Gasteiger partial charge is 0.416 e. The van der Waals surface area contributed by atoms with Crippen molar-refractivity contribution in [2.75, 3.05) is 38.5 Å². The van der Waals surface area contributed by atoms with Crippen molar-refractivity contribution in [2.45, 2.75) is 37.8 Å². The van der Waals surface area contributed by atoms with Gasteiger partial charge in [0.1, 0.15) is 0 Å². The van der Waals surface area contributed by atoms with E-state index < -0.39 is 11.7 Å². The summed E-state index contributed by atoms with van der Waals surface area (Å²) in [6.07, 6.45) is 1.10. The van der Waals surface area contributed by atoms with Crippen LogP contribution in [0.25, 0.3) is 11.1 Å². The molecule has 0 aliphatic carbocycles. The Morgan fingerprint density at radius 3 is 2.48 bits per heavy atom. The molecule has 2 fully saturated rings. The number of nitrogens with two attached hydrogens (primary N) is 1. The number of benzene rings is 1. The molecule has 2 aromatic rings. The van der Waals surface area contributed by atoms with Crippen molar-refractivity contribution in [3.05, 3.63) is 41.7 Å². The van der Waals surface area contributed by atoms with Crippen LogP contribution in [0, 0.1) is 0 Å². The van der Waals surface area contributed by atoms with Gasteiger partial charge >= 0.3 is 6.18 Å². The standard InChI is InChI=1S/C22H26F3N5O/c23-22(24,25)17-7-5-15(6-8-17)18-12-27-21(26)28-20(18)16-4-3-9-29(13-16)14-19(31)30-10-1-2-11-30/h5-8,12,16H,1-4,9-11,13-14H2,(H2,26,27,28)/t16-/m0/s1. The van der Waals surface area contributed by atoms with Crippen LogP contribution in [0.4, 0.5) is 19.1 Å². The van der Waals surface area contributed by atoms with Crippen LogP contribution >= 0.6 is 0 Å². The number of anilines is 1. The van der Waals surface area contributed by atoms with Crippen LogP contribution in [0.3, 0.4) is 0 Å². The monoisotopic (exact) mass is 433 g/mol. The summed E-state index contributed by atoms with van der Waals surface area (Å²) in [5.41, 5.74) is 7.18. The zero-order valence-electron chi connectivity index (χ0n) is 17.2. The normalized spacial score (nSPS) is 20.2. The number of halogens is 3. The van der Waals surface area contributed by atoms with Crippen molar-refractivity contribution in [1.82, 2.24) is 19.8 Å². The number of nitrogens with zero attached hydrogens (tertiary/aromatic N) is 4. The lowest BCUT2D eigenvalue weighted by Gasteiger charge is -2.33. The van der Waals surface area contributed by atoms with Crippen LogP contribution in [0.2, 0.25) is 0 Å². The fourth-order valence-electron chi connectivity index (χ4n) is 4.46. The predicted octanol–water partition coefficient (Wildman–Crippen LogP) is 3.55. The van der Waals surface area contributed by atoms with E-state index in [1.54, 1.807) is 6.20 Å². The van der Waals surface area contributed by atoms with Crippen LogP contribution in [0.5, 0.6) is 0 Å². The van der Waals surface area contributed by atoms with E-state index in [9.17, 15) is 18.0 Å². The van der Waals surface area contributed by atoms with E-state index in [4.69, 9.17) is 5.73 Å². The highest BCUT2D eigenvalue weighted by atomic mass is 19.4. The number of carbonyl (C=O) groups excluding carboxylic acids is 1. The molecule has 2 aliphatic rings. The van der Waals surface area contributed by atoms with E-state index in [0.29, 0.717) is 24.2 Å². The minimum atomic E-state index is -4.38. The SMILES string of the molecule is Nc1ncc(-c2ccc(C(F)(F)F)cc2)c([C@H]2CCCN(CC(=O)N3CCCC3)C2)n1. The summed E-state index contributed by atoms with van der Waals surface area (Å²) >= 11 is 0. The number of hydrogen-bond acceptors (Lipinski definition) is 5. The minimum absolute atomic E-state index is 0.0303. The lowest BCUT2D eigenvalue weighted by molar-refractivity contribution is -0.137. The number of likely N-dealkylation sites (tertiary alicyclic amines) is 2. The molecule has 166 valence electrons. The van der Waals surface area contributed by atoms with Gasteiger partial charge in [-0.25, -0.2) is 9.97 Å². The lowest BCUT2D eigenvalue weighted by atomic mass is 9.89. The van der Waals surface area contributed by atoms with Crippen molar-refractivity contribution < 1.29 is 18.0 Å². The maximum Gasteiger partial charge on any atom is 0.416 e. The Kier molecular flexibility index (Phi) is 6.13. The molecule has 1 aromatic carbocycles. The van der Waals surface area contributed by atoms with Gasteiger partial charge in [0.15, 0.2) is 0 Å². The molecule has 0 unspecified atom stereocenters. The molecule has 2 N–H and O–H groups in total. The molecule has 4 rings (SSSR count). The van der Waals surface area contributed by atoms with Crippen LogP contribution in [0.1, 0.15) is 42.9 Å². The molecule has 3 heterocycles. The van der Waals surface area contributed by atoms with Gasteiger partial charge in [0.25, 0.3) is 0 Å². The smallest absolute Gasteiger partial charge is 0.368 e. The zero-order chi connectivity index (χ0) is 22.0. The Morgan fingerprint density at radius 1 is 1.10 bits per heavy atom. The highest BCUT2D eigenvalue weighted by Gasteiger charge is 2.31. The maximum absolute atomic E-state index is 12.9. The molecule has 31 heavy (non-hydrogen) atoms. The molecular weight excluding hydrogens is 407 g/mol. The summed E-state index contributed by atoms with van der Waals surface area (Å²) in [5, 5.41) is 0. The molecule has 9 heteroatoms. The van der Waals surface area contributed by atoms with Crippen LogP contribution < -0.4 is 5.73 Å². The molecule has 1 amide bonds. The number of rotatable bonds is 4. The van der Waals surface area contributed by atoms with Crippen LogP contribution in [0.15, 0.2) is 30.5 Å². The van der Waals surface area contributed by atoms with Crippen molar-refractivity contribution in [1.29, 1.82) is 0 Å². The van der Waals surface area contributed by atoms with E-state index in [1.165, 1.54) is 12.1 Å². The summed E-state index contributed by atoms with van der Waals surface area (Å²) in [5.74, 6) is 0.321.